The van der Waals surface area contributed by atoms with Gasteiger partial charge in [-0.05, 0) is 36.2 Å². The number of anilines is 1. The van der Waals surface area contributed by atoms with Crippen LogP contribution >= 0.6 is 23.2 Å². The zero-order chi connectivity index (χ0) is 15.6. The van der Waals surface area contributed by atoms with Gasteiger partial charge in [0.05, 0.1) is 18.8 Å². The Labute approximate surface area is 138 Å². The molecule has 0 radical (unpaired) electrons. The first-order valence-electron chi connectivity index (χ1n) is 6.92. The number of nitrogens with one attached hydrogen (secondary N) is 1. The highest BCUT2D eigenvalue weighted by atomic mass is 35.5. The monoisotopic (exact) mass is 339 g/mol. The summed E-state index contributed by atoms with van der Waals surface area (Å²) < 4.78 is 9.85. The highest BCUT2D eigenvalue weighted by molar-refractivity contribution is 6.52. The van der Waals surface area contributed by atoms with Crippen molar-refractivity contribution in [2.24, 2.45) is 5.92 Å². The van der Waals surface area contributed by atoms with Crippen LogP contribution < -0.4 is 5.32 Å². The van der Waals surface area contributed by atoms with Crippen LogP contribution in [0.15, 0.2) is 47.1 Å². The fourth-order valence-corrected chi connectivity index (χ4v) is 2.64. The molecule has 0 spiro atoms. The lowest BCUT2D eigenvalue weighted by Crippen LogP contribution is -2.16. The van der Waals surface area contributed by atoms with E-state index in [4.69, 9.17) is 32.4 Å². The summed E-state index contributed by atoms with van der Waals surface area (Å²) in [6.07, 6.45) is 2.11. The fourth-order valence-electron chi connectivity index (χ4n) is 2.13. The molecule has 3 rings (SSSR count). The Morgan fingerprint density at radius 2 is 2.14 bits per heavy atom. The molecule has 1 N–H and O–H groups in total. The van der Waals surface area contributed by atoms with Crippen LogP contribution in [0.25, 0.3) is 0 Å². The van der Waals surface area contributed by atoms with Gasteiger partial charge in [-0.25, -0.2) is 0 Å². The summed E-state index contributed by atoms with van der Waals surface area (Å²) in [4.78, 5) is 11.9. The Kier molecular flexibility index (Phi) is 4.43. The molecule has 1 aromatic heterocycles. The van der Waals surface area contributed by atoms with Crippen LogP contribution in [-0.2, 0) is 22.7 Å². The molecule has 2 aromatic rings. The minimum absolute atomic E-state index is 0.154. The first-order valence-corrected chi connectivity index (χ1v) is 7.68. The minimum Gasteiger partial charge on any atom is -0.467 e. The molecule has 1 saturated carbocycles. The maximum absolute atomic E-state index is 11.9. The van der Waals surface area contributed by atoms with E-state index in [1.165, 1.54) is 0 Å². The van der Waals surface area contributed by atoms with Crippen molar-refractivity contribution in [3.05, 3.63) is 54.0 Å². The van der Waals surface area contributed by atoms with Crippen LogP contribution in [0.1, 0.15) is 17.7 Å². The van der Waals surface area contributed by atoms with Crippen molar-refractivity contribution >= 4 is 34.8 Å². The Hall–Kier alpha value is -1.49. The highest BCUT2D eigenvalue weighted by Gasteiger charge is 2.56. The second kappa shape index (κ2) is 6.32. The van der Waals surface area contributed by atoms with Crippen LogP contribution in [0.2, 0.25) is 0 Å². The molecule has 22 heavy (non-hydrogen) atoms. The maximum Gasteiger partial charge on any atom is 0.230 e. The molecule has 1 unspecified atom stereocenters. The summed E-state index contributed by atoms with van der Waals surface area (Å²) in [7, 11) is 0. The van der Waals surface area contributed by atoms with E-state index in [1.54, 1.807) is 6.26 Å². The Morgan fingerprint density at radius 1 is 1.32 bits per heavy atom. The van der Waals surface area contributed by atoms with E-state index in [-0.39, 0.29) is 11.8 Å². The molecule has 6 heteroatoms. The van der Waals surface area contributed by atoms with Gasteiger partial charge in [0.25, 0.3) is 0 Å². The smallest absolute Gasteiger partial charge is 0.230 e. The molecule has 1 aromatic carbocycles. The first-order chi connectivity index (χ1) is 10.5. The molecule has 1 atom stereocenters. The molecule has 1 heterocycles. The van der Waals surface area contributed by atoms with Gasteiger partial charge in [-0.15, -0.1) is 23.2 Å². The maximum atomic E-state index is 11.9. The summed E-state index contributed by atoms with van der Waals surface area (Å²) in [5, 5.41) is 2.82. The predicted molar refractivity (Wildman–Crippen MR) is 84.8 cm³/mol. The lowest BCUT2D eigenvalue weighted by Gasteiger charge is -2.08. The zero-order valence-electron chi connectivity index (χ0n) is 11.7. The summed E-state index contributed by atoms with van der Waals surface area (Å²) in [6.45, 7) is 0.843. The molecule has 4 nitrogen and oxygen atoms in total. The van der Waals surface area contributed by atoms with E-state index in [2.05, 4.69) is 5.32 Å². The van der Waals surface area contributed by atoms with Crippen LogP contribution in [0, 0.1) is 5.92 Å². The Morgan fingerprint density at radius 3 is 2.82 bits per heavy atom. The second-order valence-electron chi connectivity index (χ2n) is 5.28. The molecule has 0 saturated heterocycles. The lowest BCUT2D eigenvalue weighted by molar-refractivity contribution is -0.117. The number of benzene rings is 1. The summed E-state index contributed by atoms with van der Waals surface area (Å²) in [6, 6.07) is 11.2. The molecule has 1 aliphatic carbocycles. The van der Waals surface area contributed by atoms with Gasteiger partial charge in [0.15, 0.2) is 0 Å². The number of halogens is 2. The van der Waals surface area contributed by atoms with Crippen LogP contribution in [0.4, 0.5) is 5.69 Å². The predicted octanol–water partition coefficient (Wildman–Crippen LogP) is 4.13. The topological polar surface area (TPSA) is 51.5 Å². The van der Waals surface area contributed by atoms with Gasteiger partial charge >= 0.3 is 0 Å². The van der Waals surface area contributed by atoms with Crippen molar-refractivity contribution in [3.8, 4) is 0 Å². The minimum atomic E-state index is -0.909. The second-order valence-corrected chi connectivity index (χ2v) is 6.82. The van der Waals surface area contributed by atoms with Gasteiger partial charge in [-0.1, -0.05) is 12.1 Å². The average Bonchev–Trinajstić information content (AvgIpc) is 2.87. The van der Waals surface area contributed by atoms with Crippen molar-refractivity contribution in [3.63, 3.8) is 0 Å². The summed E-state index contributed by atoms with van der Waals surface area (Å²) >= 11 is 11.8. The van der Waals surface area contributed by atoms with E-state index in [1.807, 2.05) is 36.4 Å². The standard InChI is InChI=1S/C16H15Cl2NO3/c17-16(18)8-14(16)15(20)19-12-4-1-3-11(7-12)9-21-10-13-5-2-6-22-13/h1-7,14H,8-10H2,(H,19,20). The highest BCUT2D eigenvalue weighted by Crippen LogP contribution is 2.53. The van der Waals surface area contributed by atoms with Crippen LogP contribution in [-0.4, -0.2) is 10.2 Å². The molecule has 1 amide bonds. The Balaban J connectivity index is 1.52. The third-order valence-electron chi connectivity index (χ3n) is 3.43. The summed E-state index contributed by atoms with van der Waals surface area (Å²) in [5.41, 5.74) is 1.67. The third kappa shape index (κ3) is 3.83. The fraction of sp³-hybridized carbons (Fsp3) is 0.312. The van der Waals surface area contributed by atoms with E-state index in [9.17, 15) is 4.79 Å². The molecular weight excluding hydrogens is 325 g/mol. The van der Waals surface area contributed by atoms with Crippen molar-refractivity contribution in [2.75, 3.05) is 5.32 Å². The molecule has 0 bridgehead atoms. The number of hydrogen-bond acceptors (Lipinski definition) is 3. The largest absolute Gasteiger partial charge is 0.467 e. The van der Waals surface area contributed by atoms with E-state index in [0.29, 0.717) is 25.3 Å². The number of alkyl halides is 2. The summed E-state index contributed by atoms with van der Waals surface area (Å²) in [5.74, 6) is 0.284. The van der Waals surface area contributed by atoms with E-state index < -0.39 is 4.33 Å². The molecular formula is C16H15Cl2NO3. The quantitative estimate of drug-likeness (QED) is 0.805. The van der Waals surface area contributed by atoms with Gasteiger partial charge in [-0.3, -0.25) is 4.79 Å². The normalized spacial score (nSPS) is 18.9. The van der Waals surface area contributed by atoms with Crippen molar-refractivity contribution in [1.82, 2.24) is 0 Å². The van der Waals surface area contributed by atoms with Crippen molar-refractivity contribution in [2.45, 2.75) is 24.0 Å². The number of hydrogen-bond donors (Lipinski definition) is 1. The SMILES string of the molecule is O=C(Nc1cccc(COCc2ccco2)c1)C1CC1(Cl)Cl. The van der Waals surface area contributed by atoms with Gasteiger partial charge in [0.1, 0.15) is 16.7 Å². The average molecular weight is 340 g/mol. The van der Waals surface area contributed by atoms with E-state index in [0.717, 1.165) is 11.3 Å². The van der Waals surface area contributed by atoms with Gasteiger partial charge in [-0.2, -0.15) is 0 Å². The molecule has 1 fully saturated rings. The number of rotatable bonds is 6. The van der Waals surface area contributed by atoms with Crippen LogP contribution in [0.5, 0.6) is 0 Å². The first kappa shape index (κ1) is 15.4. The Bertz CT molecular complexity index is 655. The lowest BCUT2D eigenvalue weighted by atomic mass is 10.2. The third-order valence-corrected chi connectivity index (χ3v) is 4.27. The number of carbonyl (C=O) groups excluding carboxylic acids is 1. The molecule has 116 valence electrons. The van der Waals surface area contributed by atoms with Gasteiger partial charge in [0, 0.05) is 5.69 Å². The number of amides is 1. The zero-order valence-corrected chi connectivity index (χ0v) is 13.2. The molecule has 0 aliphatic heterocycles. The van der Waals surface area contributed by atoms with Gasteiger partial charge < -0.3 is 14.5 Å². The van der Waals surface area contributed by atoms with E-state index >= 15 is 0 Å². The van der Waals surface area contributed by atoms with Crippen molar-refractivity contribution < 1.29 is 13.9 Å². The van der Waals surface area contributed by atoms with Crippen LogP contribution in [0.3, 0.4) is 0 Å². The number of furan rings is 1. The molecule has 1 aliphatic rings. The van der Waals surface area contributed by atoms with Gasteiger partial charge in [0.2, 0.25) is 5.91 Å². The van der Waals surface area contributed by atoms with Crippen molar-refractivity contribution in [1.29, 1.82) is 0 Å². The number of ether oxygens (including phenoxy) is 1. The number of carbonyl (C=O) groups is 1.